The minimum absolute atomic E-state index is 0.774. The Kier molecular flexibility index (Phi) is 8.94. The third-order valence-electron chi connectivity index (χ3n) is 5.44. The number of rotatable bonds is 9. The van der Waals surface area contributed by atoms with Gasteiger partial charge in [0.2, 0.25) is 0 Å². The van der Waals surface area contributed by atoms with Crippen LogP contribution in [0.2, 0.25) is 0 Å². The fourth-order valence-corrected chi connectivity index (χ4v) is 3.94. The van der Waals surface area contributed by atoms with Crippen LogP contribution in [0.15, 0.2) is 0 Å². The lowest BCUT2D eigenvalue weighted by molar-refractivity contribution is 0.134. The van der Waals surface area contributed by atoms with E-state index in [0.717, 1.165) is 35.5 Å². The second kappa shape index (κ2) is 9.87. The molecular formula is C20H41N. The van der Waals surface area contributed by atoms with Gasteiger partial charge < -0.3 is 5.32 Å². The molecule has 1 N–H and O–H groups in total. The first kappa shape index (κ1) is 19.0. The smallest absolute Gasteiger partial charge is 0.00178 e. The molecule has 1 saturated carbocycles. The highest BCUT2D eigenvalue weighted by atomic mass is 14.9. The topological polar surface area (TPSA) is 12.0 Å². The van der Waals surface area contributed by atoms with Crippen LogP contribution in [0.1, 0.15) is 80.1 Å². The maximum absolute atomic E-state index is 3.73. The Morgan fingerprint density at radius 3 is 2.19 bits per heavy atom. The van der Waals surface area contributed by atoms with Crippen LogP contribution in [0.25, 0.3) is 0 Å². The summed E-state index contributed by atoms with van der Waals surface area (Å²) in [6.07, 6.45) is 8.73. The molecule has 1 aliphatic carbocycles. The molecule has 126 valence electrons. The first-order chi connectivity index (χ1) is 9.90. The zero-order chi connectivity index (χ0) is 15.8. The van der Waals surface area contributed by atoms with Gasteiger partial charge >= 0.3 is 0 Å². The summed E-state index contributed by atoms with van der Waals surface area (Å²) in [4.78, 5) is 0. The zero-order valence-electron chi connectivity index (χ0n) is 15.6. The molecule has 1 fully saturated rings. The van der Waals surface area contributed by atoms with Crippen LogP contribution < -0.4 is 5.32 Å². The van der Waals surface area contributed by atoms with Gasteiger partial charge in [-0.2, -0.15) is 0 Å². The summed E-state index contributed by atoms with van der Waals surface area (Å²) in [6, 6.07) is 0. The molecule has 0 saturated heterocycles. The lowest BCUT2D eigenvalue weighted by Crippen LogP contribution is -2.35. The molecule has 3 atom stereocenters. The van der Waals surface area contributed by atoms with Gasteiger partial charge in [-0.15, -0.1) is 0 Å². The molecule has 0 spiro atoms. The third kappa shape index (κ3) is 7.68. The van der Waals surface area contributed by atoms with Gasteiger partial charge in [0.05, 0.1) is 0 Å². The van der Waals surface area contributed by atoms with Gasteiger partial charge in [0.25, 0.3) is 0 Å². The van der Waals surface area contributed by atoms with Crippen molar-refractivity contribution in [2.45, 2.75) is 80.1 Å². The lowest BCUT2D eigenvalue weighted by atomic mass is 9.69. The molecule has 0 radical (unpaired) electrons. The Balaban J connectivity index is 2.45. The van der Waals surface area contributed by atoms with Crippen LogP contribution in [0.5, 0.6) is 0 Å². The largest absolute Gasteiger partial charge is 0.316 e. The second-order valence-electron chi connectivity index (χ2n) is 8.71. The maximum atomic E-state index is 3.73. The summed E-state index contributed by atoms with van der Waals surface area (Å²) in [5.74, 6) is 5.41. The molecule has 0 amide bonds. The number of hydrogen-bond acceptors (Lipinski definition) is 1. The molecule has 1 aliphatic rings. The number of hydrogen-bond donors (Lipinski definition) is 1. The highest BCUT2D eigenvalue weighted by Gasteiger charge is 2.31. The van der Waals surface area contributed by atoms with Crippen LogP contribution in [0.4, 0.5) is 0 Å². The quantitative estimate of drug-likeness (QED) is 0.571. The van der Waals surface area contributed by atoms with E-state index in [1.807, 2.05) is 0 Å². The molecule has 1 nitrogen and oxygen atoms in total. The molecule has 0 aromatic rings. The molecule has 21 heavy (non-hydrogen) atoms. The van der Waals surface area contributed by atoms with Crippen molar-refractivity contribution in [2.75, 3.05) is 13.1 Å². The van der Waals surface area contributed by atoms with E-state index >= 15 is 0 Å². The summed E-state index contributed by atoms with van der Waals surface area (Å²) in [7, 11) is 0. The minimum Gasteiger partial charge on any atom is -0.316 e. The minimum atomic E-state index is 0.774. The van der Waals surface area contributed by atoms with E-state index in [1.54, 1.807) is 0 Å². The Morgan fingerprint density at radius 1 is 0.905 bits per heavy atom. The second-order valence-corrected chi connectivity index (χ2v) is 8.71. The Labute approximate surface area is 134 Å². The van der Waals surface area contributed by atoms with Crippen LogP contribution in [-0.2, 0) is 0 Å². The maximum Gasteiger partial charge on any atom is -0.00178 e. The third-order valence-corrected chi connectivity index (χ3v) is 5.44. The fraction of sp³-hybridized carbons (Fsp3) is 1.00. The molecular weight excluding hydrogens is 254 g/mol. The van der Waals surface area contributed by atoms with Gasteiger partial charge in [0.15, 0.2) is 0 Å². The summed E-state index contributed by atoms with van der Waals surface area (Å²) >= 11 is 0. The van der Waals surface area contributed by atoms with Crippen molar-refractivity contribution in [3.63, 3.8) is 0 Å². The molecule has 0 aliphatic heterocycles. The van der Waals surface area contributed by atoms with Crippen molar-refractivity contribution in [1.82, 2.24) is 5.32 Å². The number of nitrogens with one attached hydrogen (secondary N) is 1. The molecule has 0 heterocycles. The standard InChI is InChI=1S/C20H41N/c1-15(2)8-7-9-19-12-18(17(5)6)10-11-20(19)14-21-13-16(3)4/h15-21H,7-14H2,1-6H3. The van der Waals surface area contributed by atoms with Gasteiger partial charge in [0.1, 0.15) is 0 Å². The average molecular weight is 296 g/mol. The summed E-state index contributed by atoms with van der Waals surface area (Å²) < 4.78 is 0. The SMILES string of the molecule is CC(C)CCCC1CC(C(C)C)CCC1CNCC(C)C. The fourth-order valence-electron chi connectivity index (χ4n) is 3.94. The van der Waals surface area contributed by atoms with Crippen LogP contribution in [0, 0.1) is 35.5 Å². The molecule has 0 bridgehead atoms. The van der Waals surface area contributed by atoms with Gasteiger partial charge in [-0.05, 0) is 67.9 Å². The van der Waals surface area contributed by atoms with Crippen molar-refractivity contribution >= 4 is 0 Å². The van der Waals surface area contributed by atoms with Gasteiger partial charge in [-0.1, -0.05) is 60.8 Å². The van der Waals surface area contributed by atoms with Crippen molar-refractivity contribution in [1.29, 1.82) is 0 Å². The molecule has 1 heteroatoms. The first-order valence-electron chi connectivity index (χ1n) is 9.60. The zero-order valence-corrected chi connectivity index (χ0v) is 15.6. The van der Waals surface area contributed by atoms with E-state index in [9.17, 15) is 0 Å². The normalized spacial score (nSPS) is 27.0. The molecule has 1 rings (SSSR count). The van der Waals surface area contributed by atoms with E-state index < -0.39 is 0 Å². The Bertz CT molecular complexity index is 255. The van der Waals surface area contributed by atoms with Crippen molar-refractivity contribution in [3.05, 3.63) is 0 Å². The van der Waals surface area contributed by atoms with Gasteiger partial charge in [-0.3, -0.25) is 0 Å². The van der Waals surface area contributed by atoms with Gasteiger partial charge in [-0.25, -0.2) is 0 Å². The van der Waals surface area contributed by atoms with Gasteiger partial charge in [0, 0.05) is 0 Å². The summed E-state index contributed by atoms with van der Waals surface area (Å²) in [5, 5.41) is 3.73. The van der Waals surface area contributed by atoms with Crippen LogP contribution >= 0.6 is 0 Å². The first-order valence-corrected chi connectivity index (χ1v) is 9.60. The summed E-state index contributed by atoms with van der Waals surface area (Å²) in [5.41, 5.74) is 0. The highest BCUT2D eigenvalue weighted by molar-refractivity contribution is 4.83. The van der Waals surface area contributed by atoms with Crippen LogP contribution in [0.3, 0.4) is 0 Å². The Morgan fingerprint density at radius 2 is 1.62 bits per heavy atom. The van der Waals surface area contributed by atoms with Crippen LogP contribution in [-0.4, -0.2) is 13.1 Å². The van der Waals surface area contributed by atoms with Crippen molar-refractivity contribution in [2.24, 2.45) is 35.5 Å². The predicted octanol–water partition coefficient (Wildman–Crippen LogP) is 5.75. The van der Waals surface area contributed by atoms with E-state index in [1.165, 1.54) is 51.6 Å². The lowest BCUT2D eigenvalue weighted by Gasteiger charge is -2.38. The Hall–Kier alpha value is -0.0400. The highest BCUT2D eigenvalue weighted by Crippen LogP contribution is 2.39. The summed E-state index contributed by atoms with van der Waals surface area (Å²) in [6.45, 7) is 16.6. The van der Waals surface area contributed by atoms with E-state index in [2.05, 4.69) is 46.9 Å². The molecule has 0 aromatic carbocycles. The van der Waals surface area contributed by atoms with E-state index in [4.69, 9.17) is 0 Å². The molecule has 3 unspecified atom stereocenters. The molecule has 0 aromatic heterocycles. The van der Waals surface area contributed by atoms with Crippen molar-refractivity contribution in [3.8, 4) is 0 Å². The predicted molar refractivity (Wildman–Crippen MR) is 95.6 cm³/mol. The average Bonchev–Trinajstić information content (AvgIpc) is 2.39. The monoisotopic (exact) mass is 295 g/mol. The van der Waals surface area contributed by atoms with Crippen molar-refractivity contribution < 1.29 is 0 Å². The van der Waals surface area contributed by atoms with E-state index in [0.29, 0.717) is 0 Å². The van der Waals surface area contributed by atoms with E-state index in [-0.39, 0.29) is 0 Å².